The number of carboxylic acids is 1. The fourth-order valence-electron chi connectivity index (χ4n) is 8.12. The second-order valence-electron chi connectivity index (χ2n) is 11.0. The van der Waals surface area contributed by atoms with Crippen LogP contribution in [0.25, 0.3) is 11.9 Å². The van der Waals surface area contributed by atoms with Crippen LogP contribution in [0.1, 0.15) is 57.2 Å². The Morgan fingerprint density at radius 3 is 2.76 bits per heavy atom. The van der Waals surface area contributed by atoms with Crippen molar-refractivity contribution < 1.29 is 20.1 Å². The van der Waals surface area contributed by atoms with Gasteiger partial charge in [0.25, 0.3) is 0 Å². The SMILES string of the molecule is C[C@]12Cc3cnn(-c4cnccn4)c3C=C1CC[C@@H]1[C@@H]2[C@@H](O)C[C@@]2(C)[C@H]1CC[C@]2(O)C(=O)O. The summed E-state index contributed by atoms with van der Waals surface area (Å²) < 4.78 is 1.83. The van der Waals surface area contributed by atoms with Gasteiger partial charge >= 0.3 is 5.97 Å². The van der Waals surface area contributed by atoms with Crippen molar-refractivity contribution in [1.29, 1.82) is 0 Å². The van der Waals surface area contributed by atoms with Gasteiger partial charge in [0.15, 0.2) is 11.4 Å². The Kier molecular flexibility index (Phi) is 4.28. The van der Waals surface area contributed by atoms with E-state index in [1.54, 1.807) is 18.6 Å². The molecule has 0 saturated heterocycles. The summed E-state index contributed by atoms with van der Waals surface area (Å²) in [6.45, 7) is 4.14. The maximum absolute atomic E-state index is 12.0. The van der Waals surface area contributed by atoms with E-state index in [1.165, 1.54) is 5.57 Å². The lowest BCUT2D eigenvalue weighted by Crippen LogP contribution is -2.61. The van der Waals surface area contributed by atoms with Crippen molar-refractivity contribution in [3.05, 3.63) is 41.6 Å². The van der Waals surface area contributed by atoms with Crippen molar-refractivity contribution in [2.45, 2.75) is 64.1 Å². The molecule has 0 bridgehead atoms. The quantitative estimate of drug-likeness (QED) is 0.643. The van der Waals surface area contributed by atoms with E-state index in [0.717, 1.165) is 30.5 Å². The van der Waals surface area contributed by atoms with E-state index in [4.69, 9.17) is 0 Å². The second-order valence-corrected chi connectivity index (χ2v) is 11.0. The first kappa shape index (κ1) is 21.0. The highest BCUT2D eigenvalue weighted by Crippen LogP contribution is 2.67. The molecular formula is C25H30N4O4. The minimum Gasteiger partial charge on any atom is -0.479 e. The summed E-state index contributed by atoms with van der Waals surface area (Å²) >= 11 is 0. The molecule has 3 fully saturated rings. The van der Waals surface area contributed by atoms with Crippen LogP contribution >= 0.6 is 0 Å². The summed E-state index contributed by atoms with van der Waals surface area (Å²) in [6.07, 6.45) is 12.3. The van der Waals surface area contributed by atoms with Crippen LogP contribution in [0.5, 0.6) is 0 Å². The van der Waals surface area contributed by atoms with E-state index in [2.05, 4.69) is 28.1 Å². The number of aliphatic carboxylic acids is 1. The molecule has 4 aliphatic carbocycles. The molecule has 7 atom stereocenters. The summed E-state index contributed by atoms with van der Waals surface area (Å²) in [5.74, 6) is -0.167. The Morgan fingerprint density at radius 2 is 2.03 bits per heavy atom. The normalized spacial score (nSPS) is 41.4. The topological polar surface area (TPSA) is 121 Å². The third-order valence-electron chi connectivity index (χ3n) is 9.70. The van der Waals surface area contributed by atoms with Crippen LogP contribution in [0.3, 0.4) is 0 Å². The predicted molar refractivity (Wildman–Crippen MR) is 119 cm³/mol. The lowest BCUT2D eigenvalue weighted by Gasteiger charge is -2.60. The summed E-state index contributed by atoms with van der Waals surface area (Å²) in [6, 6.07) is 0. The molecule has 3 saturated carbocycles. The molecule has 0 spiro atoms. The zero-order valence-electron chi connectivity index (χ0n) is 19.0. The number of hydrogen-bond acceptors (Lipinski definition) is 6. The first-order valence-electron chi connectivity index (χ1n) is 11.9. The fourth-order valence-corrected chi connectivity index (χ4v) is 8.12. The summed E-state index contributed by atoms with van der Waals surface area (Å²) in [7, 11) is 0. The van der Waals surface area contributed by atoms with Crippen LogP contribution in [0.2, 0.25) is 0 Å². The van der Waals surface area contributed by atoms with Crippen molar-refractivity contribution in [1.82, 2.24) is 19.7 Å². The van der Waals surface area contributed by atoms with Crippen molar-refractivity contribution in [2.75, 3.05) is 0 Å². The van der Waals surface area contributed by atoms with Gasteiger partial charge in [-0.25, -0.2) is 14.5 Å². The minimum absolute atomic E-state index is 0.0275. The first-order valence-corrected chi connectivity index (χ1v) is 11.9. The smallest absolute Gasteiger partial charge is 0.336 e. The number of carbonyl (C=O) groups is 1. The number of allylic oxidation sites excluding steroid dienone is 1. The number of aliphatic hydroxyl groups excluding tert-OH is 1. The fraction of sp³-hybridized carbons (Fsp3) is 0.600. The molecule has 3 N–H and O–H groups in total. The second kappa shape index (κ2) is 6.73. The van der Waals surface area contributed by atoms with E-state index >= 15 is 0 Å². The van der Waals surface area contributed by atoms with Gasteiger partial charge in [-0.3, -0.25) is 4.98 Å². The van der Waals surface area contributed by atoms with Crippen LogP contribution in [0, 0.1) is 28.6 Å². The van der Waals surface area contributed by atoms with Crippen LogP contribution in [-0.2, 0) is 11.2 Å². The lowest BCUT2D eigenvalue weighted by molar-refractivity contribution is -0.193. The molecule has 2 aromatic rings. The van der Waals surface area contributed by atoms with Crippen LogP contribution < -0.4 is 0 Å². The average Bonchev–Trinajstić information content (AvgIpc) is 3.30. The van der Waals surface area contributed by atoms with Crippen molar-refractivity contribution in [3.63, 3.8) is 0 Å². The van der Waals surface area contributed by atoms with E-state index in [1.807, 2.05) is 17.8 Å². The van der Waals surface area contributed by atoms with E-state index < -0.39 is 23.1 Å². The molecular weight excluding hydrogens is 420 g/mol. The highest BCUT2D eigenvalue weighted by atomic mass is 16.4. The largest absolute Gasteiger partial charge is 0.479 e. The van der Waals surface area contributed by atoms with Crippen molar-refractivity contribution in [3.8, 4) is 5.82 Å². The standard InChI is InChI=1S/C25H30N4O4/c1-23-10-14-12-28-29(20-13-26-7-8-27-20)18(14)9-15(23)3-4-16-17-5-6-25(33,22(31)32)24(17,2)11-19(30)21(16)23/h7-9,12-13,16-17,19,21,30,33H,3-6,10-11H2,1-2H3,(H,31,32)/t16-,17-,19-,21+,23-,24-,25-/m0/s1. The molecule has 2 aromatic heterocycles. The zero-order chi connectivity index (χ0) is 23.2. The molecule has 0 amide bonds. The Hall–Kier alpha value is -2.58. The Bertz CT molecular complexity index is 1160. The molecule has 174 valence electrons. The molecule has 33 heavy (non-hydrogen) atoms. The highest BCUT2D eigenvalue weighted by molar-refractivity contribution is 5.79. The molecule has 0 aliphatic heterocycles. The van der Waals surface area contributed by atoms with Crippen LogP contribution in [0.15, 0.2) is 30.4 Å². The van der Waals surface area contributed by atoms with E-state index in [9.17, 15) is 20.1 Å². The number of carboxylic acid groups (broad SMARTS) is 1. The molecule has 0 radical (unpaired) electrons. The Morgan fingerprint density at radius 1 is 1.21 bits per heavy atom. The van der Waals surface area contributed by atoms with Gasteiger partial charge in [0.2, 0.25) is 0 Å². The van der Waals surface area contributed by atoms with Gasteiger partial charge in [0.1, 0.15) is 0 Å². The molecule has 4 aliphatic rings. The monoisotopic (exact) mass is 450 g/mol. The summed E-state index contributed by atoms with van der Waals surface area (Å²) in [5.41, 5.74) is 0.665. The average molecular weight is 451 g/mol. The minimum atomic E-state index is -1.77. The number of fused-ring (bicyclic) bond motifs is 6. The number of aliphatic hydroxyl groups is 2. The van der Waals surface area contributed by atoms with Gasteiger partial charge in [0.05, 0.1) is 24.2 Å². The number of aromatic nitrogens is 4. The molecule has 0 aromatic carbocycles. The highest BCUT2D eigenvalue weighted by Gasteiger charge is 2.68. The molecule has 0 unspecified atom stereocenters. The third-order valence-corrected chi connectivity index (χ3v) is 9.70. The van der Waals surface area contributed by atoms with Gasteiger partial charge in [-0.1, -0.05) is 19.4 Å². The van der Waals surface area contributed by atoms with Crippen LogP contribution in [0.4, 0.5) is 0 Å². The maximum atomic E-state index is 12.0. The van der Waals surface area contributed by atoms with Gasteiger partial charge < -0.3 is 15.3 Å². The maximum Gasteiger partial charge on any atom is 0.336 e. The summed E-state index contributed by atoms with van der Waals surface area (Å²) in [5, 5.41) is 37.1. The summed E-state index contributed by atoms with van der Waals surface area (Å²) in [4.78, 5) is 20.6. The molecule has 6 rings (SSSR count). The lowest BCUT2D eigenvalue weighted by atomic mass is 9.45. The van der Waals surface area contributed by atoms with Crippen molar-refractivity contribution >= 4 is 12.0 Å². The van der Waals surface area contributed by atoms with Gasteiger partial charge in [-0.15, -0.1) is 0 Å². The molecule has 8 heteroatoms. The Labute approximate surface area is 192 Å². The van der Waals surface area contributed by atoms with Crippen molar-refractivity contribution in [2.24, 2.45) is 28.6 Å². The third kappa shape index (κ3) is 2.59. The van der Waals surface area contributed by atoms with E-state index in [0.29, 0.717) is 18.7 Å². The number of rotatable bonds is 2. The Balaban J connectivity index is 1.39. The van der Waals surface area contributed by atoms with Gasteiger partial charge in [-0.2, -0.15) is 5.10 Å². The first-order chi connectivity index (χ1) is 15.7. The zero-order valence-corrected chi connectivity index (χ0v) is 19.0. The molecule has 2 heterocycles. The predicted octanol–water partition coefficient (Wildman–Crippen LogP) is 2.63. The van der Waals surface area contributed by atoms with E-state index in [-0.39, 0.29) is 29.6 Å². The van der Waals surface area contributed by atoms with Gasteiger partial charge in [0, 0.05) is 17.8 Å². The van der Waals surface area contributed by atoms with Gasteiger partial charge in [-0.05, 0) is 73.3 Å². The number of hydrogen-bond donors (Lipinski definition) is 3. The number of nitrogens with zero attached hydrogens (tertiary/aromatic N) is 4. The van der Waals surface area contributed by atoms with Crippen LogP contribution in [-0.4, -0.2) is 52.7 Å². The molecule has 8 nitrogen and oxygen atoms in total.